The number of amides is 2. The number of nitrogens with zero attached hydrogens (tertiary/aromatic N) is 2. The Balaban J connectivity index is 1.86. The molecule has 1 aliphatic rings. The molecule has 31 heavy (non-hydrogen) atoms. The fourth-order valence-corrected chi connectivity index (χ4v) is 3.53. The van der Waals surface area contributed by atoms with E-state index >= 15 is 0 Å². The van der Waals surface area contributed by atoms with Crippen molar-refractivity contribution in [2.24, 2.45) is 5.92 Å². The first-order valence-corrected chi connectivity index (χ1v) is 11.0. The van der Waals surface area contributed by atoms with Crippen molar-refractivity contribution >= 4 is 17.8 Å². The topological polar surface area (TPSA) is 119 Å². The fraction of sp³-hybridized carbons (Fsp3) is 0.682. The van der Waals surface area contributed by atoms with Crippen molar-refractivity contribution in [2.75, 3.05) is 6.54 Å². The Labute approximate surface area is 183 Å². The lowest BCUT2D eigenvalue weighted by Crippen LogP contribution is -2.44. The first kappa shape index (κ1) is 24.6. The zero-order valence-corrected chi connectivity index (χ0v) is 18.7. The number of nitrogens with one attached hydrogen (secondary N) is 2. The van der Waals surface area contributed by atoms with E-state index in [1.54, 1.807) is 20.8 Å². The number of ketones is 1. The first-order chi connectivity index (χ1) is 14.6. The second kappa shape index (κ2) is 11.6. The lowest BCUT2D eigenvalue weighted by Gasteiger charge is -2.21. The molecule has 2 rings (SSSR count). The third-order valence-electron chi connectivity index (χ3n) is 5.10. The third-order valence-corrected chi connectivity index (χ3v) is 5.10. The van der Waals surface area contributed by atoms with E-state index in [-0.39, 0.29) is 29.7 Å². The Kier molecular flexibility index (Phi) is 9.21. The molecule has 1 aromatic rings. The van der Waals surface area contributed by atoms with Gasteiger partial charge in [0.05, 0.1) is 18.9 Å². The number of rotatable bonds is 10. The van der Waals surface area contributed by atoms with E-state index in [2.05, 4.69) is 15.6 Å². The highest BCUT2D eigenvalue weighted by Crippen LogP contribution is 2.25. The van der Waals surface area contributed by atoms with Crippen LogP contribution in [0, 0.1) is 5.92 Å². The van der Waals surface area contributed by atoms with Crippen LogP contribution in [0.5, 0.6) is 0 Å². The first-order valence-electron chi connectivity index (χ1n) is 11.0. The van der Waals surface area contributed by atoms with Crippen molar-refractivity contribution in [1.29, 1.82) is 0 Å². The Morgan fingerprint density at radius 2 is 1.94 bits per heavy atom. The minimum absolute atomic E-state index is 0.0268. The molecule has 0 bridgehead atoms. The summed E-state index contributed by atoms with van der Waals surface area (Å²) in [6.07, 6.45) is 7.93. The van der Waals surface area contributed by atoms with Crippen molar-refractivity contribution in [2.45, 2.75) is 83.9 Å². The number of hydrogen-bond donors (Lipinski definition) is 2. The van der Waals surface area contributed by atoms with Crippen LogP contribution in [0.25, 0.3) is 0 Å². The fourth-order valence-electron chi connectivity index (χ4n) is 3.53. The zero-order valence-electron chi connectivity index (χ0n) is 18.7. The van der Waals surface area contributed by atoms with E-state index in [1.807, 2.05) is 0 Å². The number of aromatic nitrogens is 2. The van der Waals surface area contributed by atoms with Crippen molar-refractivity contribution < 1.29 is 19.1 Å². The summed E-state index contributed by atoms with van der Waals surface area (Å²) in [5, 5.41) is 5.62. The Morgan fingerprint density at radius 1 is 1.23 bits per heavy atom. The average molecular weight is 435 g/mol. The van der Waals surface area contributed by atoms with Gasteiger partial charge in [-0.05, 0) is 52.9 Å². The van der Waals surface area contributed by atoms with Gasteiger partial charge in [-0.3, -0.25) is 14.4 Å². The average Bonchev–Trinajstić information content (AvgIpc) is 3.22. The molecule has 0 spiro atoms. The maximum absolute atomic E-state index is 12.8. The summed E-state index contributed by atoms with van der Waals surface area (Å²) in [5.74, 6) is -0.240. The van der Waals surface area contributed by atoms with Crippen LogP contribution in [-0.4, -0.2) is 45.5 Å². The van der Waals surface area contributed by atoms with E-state index in [0.29, 0.717) is 25.8 Å². The number of ether oxygens (including phenoxy) is 1. The number of hydrogen-bond acceptors (Lipinski definition) is 6. The normalized spacial score (nSPS) is 15.3. The molecule has 9 heteroatoms. The van der Waals surface area contributed by atoms with Crippen molar-refractivity contribution in [3.05, 3.63) is 28.9 Å². The summed E-state index contributed by atoms with van der Waals surface area (Å²) in [7, 11) is 0. The number of unbranched alkanes of at least 4 members (excludes halogenated alkanes) is 1. The van der Waals surface area contributed by atoms with Gasteiger partial charge in [-0.25, -0.2) is 4.79 Å². The molecule has 2 N–H and O–H groups in total. The highest BCUT2D eigenvalue weighted by atomic mass is 16.6. The van der Waals surface area contributed by atoms with E-state index in [9.17, 15) is 19.2 Å². The van der Waals surface area contributed by atoms with Crippen LogP contribution >= 0.6 is 0 Å². The van der Waals surface area contributed by atoms with Gasteiger partial charge in [0.2, 0.25) is 5.91 Å². The van der Waals surface area contributed by atoms with E-state index in [0.717, 1.165) is 25.7 Å². The minimum atomic E-state index is -0.617. The van der Waals surface area contributed by atoms with Gasteiger partial charge in [0.1, 0.15) is 5.60 Å². The molecule has 1 heterocycles. The second-order valence-corrected chi connectivity index (χ2v) is 9.00. The van der Waals surface area contributed by atoms with Gasteiger partial charge in [-0.15, -0.1) is 0 Å². The number of Topliss-reactive ketones (excluding diaryl/α,β-unsaturated/α-hetero) is 1. The summed E-state index contributed by atoms with van der Waals surface area (Å²) in [6.45, 7) is 5.85. The van der Waals surface area contributed by atoms with Crippen LogP contribution < -0.4 is 16.2 Å². The van der Waals surface area contributed by atoms with Crippen LogP contribution in [0.15, 0.2) is 23.4 Å². The predicted octanol–water partition coefficient (Wildman–Crippen LogP) is 2.18. The lowest BCUT2D eigenvalue weighted by molar-refractivity contribution is -0.130. The predicted molar refractivity (Wildman–Crippen MR) is 115 cm³/mol. The minimum Gasteiger partial charge on any atom is -0.444 e. The molecule has 0 aliphatic heterocycles. The summed E-state index contributed by atoms with van der Waals surface area (Å²) in [6, 6.07) is 0.677. The number of alkyl carbamates (subject to hydrolysis) is 1. The van der Waals surface area contributed by atoms with Crippen LogP contribution in [-0.2, 0) is 20.9 Å². The van der Waals surface area contributed by atoms with Gasteiger partial charge in [0, 0.05) is 24.7 Å². The molecule has 0 unspecified atom stereocenters. The monoisotopic (exact) mass is 434 g/mol. The highest BCUT2D eigenvalue weighted by Gasteiger charge is 2.27. The van der Waals surface area contributed by atoms with Crippen LogP contribution in [0.1, 0.15) is 65.7 Å². The van der Waals surface area contributed by atoms with Gasteiger partial charge in [-0.2, -0.15) is 4.98 Å². The Morgan fingerprint density at radius 3 is 2.55 bits per heavy atom. The molecular weight excluding hydrogens is 400 g/mol. The van der Waals surface area contributed by atoms with Crippen molar-refractivity contribution in [3.8, 4) is 0 Å². The van der Waals surface area contributed by atoms with Gasteiger partial charge in [0.25, 0.3) is 5.56 Å². The van der Waals surface area contributed by atoms with Crippen LogP contribution in [0.3, 0.4) is 0 Å². The molecule has 172 valence electrons. The number of carbonyl (C=O) groups excluding carboxylic acids is 3. The maximum Gasteiger partial charge on any atom is 0.407 e. The summed E-state index contributed by atoms with van der Waals surface area (Å²) in [4.78, 5) is 51.9. The van der Waals surface area contributed by atoms with Crippen LogP contribution in [0.4, 0.5) is 4.79 Å². The second-order valence-electron chi connectivity index (χ2n) is 9.00. The van der Waals surface area contributed by atoms with Gasteiger partial charge in [0.15, 0.2) is 5.78 Å². The molecule has 2 amide bonds. The maximum atomic E-state index is 12.8. The molecule has 0 saturated heterocycles. The van der Waals surface area contributed by atoms with Gasteiger partial charge in [-0.1, -0.05) is 12.8 Å². The highest BCUT2D eigenvalue weighted by molar-refractivity contribution is 5.89. The van der Waals surface area contributed by atoms with E-state index < -0.39 is 17.7 Å². The standard InChI is InChI=1S/C22H34N4O5/c1-22(2,3)31-21(30)23-12-7-6-10-17(25-20(29)16-8-4-5-9-16)18(27)14-26-13-11-19(28)24-15-26/h11,13,15-17H,4-10,12,14H2,1-3H3,(H,23,30)(H,25,29)/t17-/m0/s1. The molecule has 1 aromatic heterocycles. The summed E-state index contributed by atoms with van der Waals surface area (Å²) >= 11 is 0. The lowest BCUT2D eigenvalue weighted by atomic mass is 10.0. The third kappa shape index (κ3) is 9.31. The number of carbonyl (C=O) groups is 3. The molecule has 0 radical (unpaired) electrons. The van der Waals surface area contributed by atoms with Crippen molar-refractivity contribution in [3.63, 3.8) is 0 Å². The smallest absolute Gasteiger partial charge is 0.407 e. The zero-order chi connectivity index (χ0) is 22.9. The SMILES string of the molecule is CC(C)(C)OC(=O)NCCCC[C@H](NC(=O)C1CCCC1)C(=O)Cn1ccc(=O)nc1. The molecule has 1 atom stereocenters. The van der Waals surface area contributed by atoms with E-state index in [1.165, 1.54) is 23.2 Å². The largest absolute Gasteiger partial charge is 0.444 e. The summed E-state index contributed by atoms with van der Waals surface area (Å²) < 4.78 is 6.73. The van der Waals surface area contributed by atoms with Gasteiger partial charge < -0.3 is 19.9 Å². The van der Waals surface area contributed by atoms with Crippen molar-refractivity contribution in [1.82, 2.24) is 20.2 Å². The summed E-state index contributed by atoms with van der Waals surface area (Å²) in [5.41, 5.74) is -0.921. The Hall–Kier alpha value is -2.71. The Bertz CT molecular complexity index is 788. The van der Waals surface area contributed by atoms with Crippen LogP contribution in [0.2, 0.25) is 0 Å². The quantitative estimate of drug-likeness (QED) is 0.545. The molecule has 0 aromatic carbocycles. The molecule has 9 nitrogen and oxygen atoms in total. The van der Waals surface area contributed by atoms with E-state index in [4.69, 9.17) is 4.74 Å². The molecule has 1 saturated carbocycles. The van der Waals surface area contributed by atoms with Gasteiger partial charge >= 0.3 is 6.09 Å². The molecule has 1 aliphatic carbocycles. The molecule has 1 fully saturated rings. The molecular formula is C22H34N4O5.